The second-order valence-electron chi connectivity index (χ2n) is 6.11. The third kappa shape index (κ3) is 5.33. The molecule has 0 aliphatic rings. The Morgan fingerprint density at radius 1 is 1.21 bits per heavy atom. The van der Waals surface area contributed by atoms with Gasteiger partial charge in [0.15, 0.2) is 6.61 Å². The molecule has 1 N–H and O–H groups in total. The minimum absolute atomic E-state index is 0.0520. The minimum atomic E-state index is -0.168. The number of aryl methyl sites for hydroxylation is 2. The van der Waals surface area contributed by atoms with Crippen molar-refractivity contribution in [2.24, 2.45) is 0 Å². The summed E-state index contributed by atoms with van der Waals surface area (Å²) >= 11 is 0. The van der Waals surface area contributed by atoms with Crippen molar-refractivity contribution < 1.29 is 9.53 Å². The van der Waals surface area contributed by atoms with Crippen molar-refractivity contribution in [3.8, 4) is 5.88 Å². The minimum Gasteiger partial charge on any atom is -0.467 e. The zero-order valence-electron chi connectivity index (χ0n) is 14.8. The fourth-order valence-electron chi connectivity index (χ4n) is 2.12. The van der Waals surface area contributed by atoms with Gasteiger partial charge in [0, 0.05) is 19.0 Å². The number of ether oxygens (including phenoxy) is 1. The van der Waals surface area contributed by atoms with E-state index in [0.717, 1.165) is 23.5 Å². The van der Waals surface area contributed by atoms with E-state index in [1.165, 1.54) is 5.56 Å². The Morgan fingerprint density at radius 3 is 2.54 bits per heavy atom. The molecule has 0 bridgehead atoms. The normalized spacial score (nSPS) is 10.7. The van der Waals surface area contributed by atoms with Crippen molar-refractivity contribution in [1.29, 1.82) is 0 Å². The lowest BCUT2D eigenvalue weighted by molar-refractivity contribution is -0.123. The summed E-state index contributed by atoms with van der Waals surface area (Å²) in [4.78, 5) is 20.7. The first-order chi connectivity index (χ1) is 11.5. The van der Waals surface area contributed by atoms with Crippen molar-refractivity contribution in [3.63, 3.8) is 0 Å². The summed E-state index contributed by atoms with van der Waals surface area (Å²) in [6.45, 7) is 8.61. The molecule has 24 heavy (non-hydrogen) atoms. The third-order valence-electron chi connectivity index (χ3n) is 3.64. The van der Waals surface area contributed by atoms with Crippen LogP contribution >= 0.6 is 0 Å². The van der Waals surface area contributed by atoms with E-state index in [1.807, 2.05) is 38.1 Å². The van der Waals surface area contributed by atoms with Crippen LogP contribution in [-0.2, 0) is 17.8 Å². The Morgan fingerprint density at radius 2 is 1.92 bits per heavy atom. The van der Waals surface area contributed by atoms with Crippen LogP contribution in [0.1, 0.15) is 49.3 Å². The van der Waals surface area contributed by atoms with Crippen molar-refractivity contribution >= 4 is 5.91 Å². The lowest BCUT2D eigenvalue weighted by Crippen LogP contribution is -2.28. The molecule has 128 valence electrons. The smallest absolute Gasteiger partial charge is 0.258 e. The second kappa shape index (κ2) is 8.43. The first-order valence-corrected chi connectivity index (χ1v) is 8.30. The summed E-state index contributed by atoms with van der Waals surface area (Å²) in [5, 5.41) is 2.85. The van der Waals surface area contributed by atoms with E-state index in [9.17, 15) is 4.79 Å². The largest absolute Gasteiger partial charge is 0.467 e. The maximum absolute atomic E-state index is 12.0. The van der Waals surface area contributed by atoms with E-state index in [0.29, 0.717) is 12.4 Å². The molecular weight excluding hydrogens is 302 g/mol. The molecule has 0 fully saturated rings. The maximum Gasteiger partial charge on any atom is 0.258 e. The lowest BCUT2D eigenvalue weighted by Gasteiger charge is -2.11. The lowest BCUT2D eigenvalue weighted by atomic mass is 10.1. The Kier molecular flexibility index (Phi) is 6.29. The molecule has 0 saturated heterocycles. The predicted octanol–water partition coefficient (Wildman–Crippen LogP) is 3.17. The number of benzene rings is 1. The summed E-state index contributed by atoms with van der Waals surface area (Å²) in [5.41, 5.74) is 3.19. The summed E-state index contributed by atoms with van der Waals surface area (Å²) in [7, 11) is 0. The quantitative estimate of drug-likeness (QED) is 0.848. The van der Waals surface area contributed by atoms with E-state index in [2.05, 4.69) is 29.1 Å². The molecule has 1 heterocycles. The highest BCUT2D eigenvalue weighted by atomic mass is 16.5. The highest BCUT2D eigenvalue weighted by Gasteiger charge is 2.09. The van der Waals surface area contributed by atoms with Crippen LogP contribution in [0, 0.1) is 6.92 Å². The molecule has 1 amide bonds. The molecular formula is C19H25N3O2. The number of carbonyl (C=O) groups is 1. The summed E-state index contributed by atoms with van der Waals surface area (Å²) in [5.74, 6) is 1.31. The van der Waals surface area contributed by atoms with Gasteiger partial charge in [-0.25, -0.2) is 4.98 Å². The molecule has 0 saturated carbocycles. The van der Waals surface area contributed by atoms with Crippen LogP contribution < -0.4 is 10.1 Å². The predicted molar refractivity (Wildman–Crippen MR) is 94.0 cm³/mol. The van der Waals surface area contributed by atoms with Crippen LogP contribution in [0.2, 0.25) is 0 Å². The first kappa shape index (κ1) is 17.9. The van der Waals surface area contributed by atoms with E-state index < -0.39 is 0 Å². The molecule has 2 rings (SSSR count). The summed E-state index contributed by atoms with van der Waals surface area (Å²) < 4.78 is 5.55. The number of aromatic nitrogens is 2. The fraction of sp³-hybridized carbons (Fsp3) is 0.421. The molecule has 5 heteroatoms. The number of amides is 1. The molecule has 1 aromatic heterocycles. The second-order valence-corrected chi connectivity index (χ2v) is 6.11. The highest BCUT2D eigenvalue weighted by Crippen LogP contribution is 2.17. The zero-order valence-corrected chi connectivity index (χ0v) is 14.8. The number of hydrogen-bond acceptors (Lipinski definition) is 4. The fourth-order valence-corrected chi connectivity index (χ4v) is 2.12. The van der Waals surface area contributed by atoms with Gasteiger partial charge in [0.05, 0.1) is 5.69 Å². The van der Waals surface area contributed by atoms with Gasteiger partial charge in [0.2, 0.25) is 5.88 Å². The van der Waals surface area contributed by atoms with Gasteiger partial charge in [-0.2, -0.15) is 4.98 Å². The van der Waals surface area contributed by atoms with Crippen LogP contribution in [-0.4, -0.2) is 22.5 Å². The maximum atomic E-state index is 12.0. The van der Waals surface area contributed by atoms with E-state index in [-0.39, 0.29) is 18.4 Å². The molecule has 0 radical (unpaired) electrons. The number of hydrogen-bond donors (Lipinski definition) is 1. The number of nitrogens with one attached hydrogen (secondary N) is 1. The molecule has 5 nitrogen and oxygen atoms in total. The van der Waals surface area contributed by atoms with Crippen molar-refractivity contribution in [2.45, 2.75) is 46.6 Å². The molecule has 1 aromatic carbocycles. The van der Waals surface area contributed by atoms with Crippen LogP contribution in [0.25, 0.3) is 0 Å². The highest BCUT2D eigenvalue weighted by molar-refractivity contribution is 5.77. The average molecular weight is 327 g/mol. The van der Waals surface area contributed by atoms with Crippen LogP contribution in [0.5, 0.6) is 5.88 Å². The van der Waals surface area contributed by atoms with Gasteiger partial charge in [0.1, 0.15) is 5.82 Å². The topological polar surface area (TPSA) is 64.1 Å². The zero-order chi connectivity index (χ0) is 17.5. The van der Waals surface area contributed by atoms with E-state index >= 15 is 0 Å². The van der Waals surface area contributed by atoms with Gasteiger partial charge in [-0.1, -0.05) is 50.6 Å². The number of nitrogens with zero attached hydrogens (tertiary/aromatic N) is 2. The Hall–Kier alpha value is -2.43. The Labute approximate surface area is 143 Å². The molecule has 0 aliphatic carbocycles. The van der Waals surface area contributed by atoms with Gasteiger partial charge in [0.25, 0.3) is 5.91 Å². The number of carbonyl (C=O) groups excluding carboxylic acids is 1. The SMILES string of the molecule is CCc1nc(OCC(=O)NCc2ccc(C)cc2)cc(C(C)C)n1. The molecule has 2 aromatic rings. The average Bonchev–Trinajstić information content (AvgIpc) is 2.59. The standard InChI is InChI=1S/C19H25N3O2/c1-5-17-21-16(13(2)3)10-19(22-17)24-12-18(23)20-11-15-8-6-14(4)7-9-15/h6-10,13H,5,11-12H2,1-4H3,(H,20,23). The number of rotatable bonds is 7. The molecule has 0 aliphatic heterocycles. The van der Waals surface area contributed by atoms with Crippen LogP contribution in [0.4, 0.5) is 0 Å². The monoisotopic (exact) mass is 327 g/mol. The van der Waals surface area contributed by atoms with Gasteiger partial charge in [-0.05, 0) is 18.4 Å². The van der Waals surface area contributed by atoms with Crippen molar-refractivity contribution in [3.05, 3.63) is 53.0 Å². The molecule has 0 unspecified atom stereocenters. The van der Waals surface area contributed by atoms with Crippen molar-refractivity contribution in [1.82, 2.24) is 15.3 Å². The van der Waals surface area contributed by atoms with Crippen LogP contribution in [0.15, 0.2) is 30.3 Å². The third-order valence-corrected chi connectivity index (χ3v) is 3.64. The molecule has 0 spiro atoms. The first-order valence-electron chi connectivity index (χ1n) is 8.30. The summed E-state index contributed by atoms with van der Waals surface area (Å²) in [6.07, 6.45) is 0.733. The van der Waals surface area contributed by atoms with Gasteiger partial charge in [-0.15, -0.1) is 0 Å². The van der Waals surface area contributed by atoms with E-state index in [4.69, 9.17) is 4.74 Å². The summed E-state index contributed by atoms with van der Waals surface area (Å²) in [6, 6.07) is 9.86. The Balaban J connectivity index is 1.89. The molecule has 0 atom stereocenters. The van der Waals surface area contributed by atoms with Crippen molar-refractivity contribution in [2.75, 3.05) is 6.61 Å². The van der Waals surface area contributed by atoms with Gasteiger partial charge in [-0.3, -0.25) is 4.79 Å². The van der Waals surface area contributed by atoms with Crippen LogP contribution in [0.3, 0.4) is 0 Å². The van der Waals surface area contributed by atoms with E-state index in [1.54, 1.807) is 6.07 Å². The van der Waals surface area contributed by atoms with Gasteiger partial charge < -0.3 is 10.1 Å². The van der Waals surface area contributed by atoms with Gasteiger partial charge >= 0.3 is 0 Å². The Bertz CT molecular complexity index is 682.